The zero-order valence-corrected chi connectivity index (χ0v) is 19.9. The molecule has 0 radical (unpaired) electrons. The number of guanidine groups is 1. The standard InChI is InChI=1S/C21H32N4O3.HI/c1-21(2,3)28-20(26)25-17(14-8-6-5-7-9-14)13-23-19(22-4)24-16-12-15-10-11-18(16)27-15;/h5-9,15-18H,10-13H2,1-4H3,(H,25,26)(H2,22,23,24);1H. The molecule has 2 heterocycles. The number of rotatable bonds is 5. The van der Waals surface area contributed by atoms with Crippen molar-refractivity contribution < 1.29 is 14.3 Å². The number of aliphatic imine (C=N–C) groups is 1. The average Bonchev–Trinajstić information content (AvgIpc) is 3.26. The van der Waals surface area contributed by atoms with E-state index in [1.807, 2.05) is 51.1 Å². The molecule has 29 heavy (non-hydrogen) atoms. The predicted octanol–water partition coefficient (Wildman–Crippen LogP) is 3.36. The topological polar surface area (TPSA) is 84.0 Å². The molecule has 8 heteroatoms. The summed E-state index contributed by atoms with van der Waals surface area (Å²) in [5.41, 5.74) is 0.456. The molecule has 3 N–H and O–H groups in total. The van der Waals surface area contributed by atoms with Gasteiger partial charge in [-0.15, -0.1) is 24.0 Å². The number of carbonyl (C=O) groups excluding carboxylic acids is 1. The molecule has 162 valence electrons. The minimum Gasteiger partial charge on any atom is -0.444 e. The molecule has 0 saturated carbocycles. The van der Waals surface area contributed by atoms with Gasteiger partial charge in [0.05, 0.1) is 24.3 Å². The Labute approximate surface area is 190 Å². The maximum atomic E-state index is 12.3. The van der Waals surface area contributed by atoms with Crippen LogP contribution < -0.4 is 16.0 Å². The zero-order chi connectivity index (χ0) is 20.1. The second-order valence-corrected chi connectivity index (χ2v) is 8.42. The number of hydrogen-bond acceptors (Lipinski definition) is 4. The third kappa shape index (κ3) is 7.02. The highest BCUT2D eigenvalue weighted by atomic mass is 127. The Morgan fingerprint density at radius 3 is 2.55 bits per heavy atom. The number of nitrogens with one attached hydrogen (secondary N) is 3. The molecular weight excluding hydrogens is 483 g/mol. The fourth-order valence-electron chi connectivity index (χ4n) is 3.75. The van der Waals surface area contributed by atoms with Crippen molar-refractivity contribution in [1.82, 2.24) is 16.0 Å². The number of benzene rings is 1. The van der Waals surface area contributed by atoms with E-state index < -0.39 is 11.7 Å². The second-order valence-electron chi connectivity index (χ2n) is 8.42. The number of carbonyl (C=O) groups is 1. The van der Waals surface area contributed by atoms with E-state index in [9.17, 15) is 4.79 Å². The Bertz CT molecular complexity index is 693. The molecule has 0 spiro atoms. The Kier molecular flexibility index (Phi) is 8.57. The third-order valence-corrected chi connectivity index (χ3v) is 5.02. The molecular formula is C21H33IN4O3. The summed E-state index contributed by atoms with van der Waals surface area (Å²) in [5, 5.41) is 9.76. The molecule has 2 fully saturated rings. The molecule has 4 atom stereocenters. The van der Waals surface area contributed by atoms with Gasteiger partial charge in [0.25, 0.3) is 0 Å². The number of nitrogens with zero attached hydrogens (tertiary/aromatic N) is 1. The van der Waals surface area contributed by atoms with Crippen molar-refractivity contribution >= 4 is 36.0 Å². The predicted molar refractivity (Wildman–Crippen MR) is 125 cm³/mol. The Balaban J connectivity index is 0.00000300. The summed E-state index contributed by atoms with van der Waals surface area (Å²) in [4.78, 5) is 16.6. The van der Waals surface area contributed by atoms with Gasteiger partial charge < -0.3 is 25.4 Å². The minimum absolute atomic E-state index is 0. The van der Waals surface area contributed by atoms with E-state index in [1.165, 1.54) is 0 Å². The maximum Gasteiger partial charge on any atom is 0.408 e. The van der Waals surface area contributed by atoms with Crippen molar-refractivity contribution in [3.05, 3.63) is 35.9 Å². The first-order chi connectivity index (χ1) is 13.3. The molecule has 2 saturated heterocycles. The zero-order valence-electron chi connectivity index (χ0n) is 17.6. The highest BCUT2D eigenvalue weighted by Crippen LogP contribution is 2.34. The van der Waals surface area contributed by atoms with Crippen LogP contribution in [0.3, 0.4) is 0 Å². The number of amides is 1. The first kappa shape index (κ1) is 23.7. The van der Waals surface area contributed by atoms with Gasteiger partial charge in [-0.3, -0.25) is 4.99 Å². The summed E-state index contributed by atoms with van der Waals surface area (Å²) in [6.45, 7) is 6.05. The second kappa shape index (κ2) is 10.5. The molecule has 1 amide bonds. The van der Waals surface area contributed by atoms with Crippen molar-refractivity contribution in [2.75, 3.05) is 13.6 Å². The molecule has 4 unspecified atom stereocenters. The molecule has 2 aliphatic heterocycles. The molecule has 7 nitrogen and oxygen atoms in total. The Morgan fingerprint density at radius 1 is 1.28 bits per heavy atom. The Hall–Kier alpha value is -1.55. The van der Waals surface area contributed by atoms with Gasteiger partial charge in [0.1, 0.15) is 5.60 Å². The van der Waals surface area contributed by atoms with Crippen molar-refractivity contribution in [2.24, 2.45) is 4.99 Å². The molecule has 1 aromatic rings. The largest absolute Gasteiger partial charge is 0.444 e. The first-order valence-corrected chi connectivity index (χ1v) is 10.0. The smallest absolute Gasteiger partial charge is 0.408 e. The summed E-state index contributed by atoms with van der Waals surface area (Å²) in [6.07, 6.45) is 3.49. The average molecular weight is 516 g/mol. The van der Waals surface area contributed by atoms with E-state index >= 15 is 0 Å². The van der Waals surface area contributed by atoms with Crippen molar-refractivity contribution in [3.8, 4) is 0 Å². The van der Waals surface area contributed by atoms with E-state index in [-0.39, 0.29) is 36.1 Å². The van der Waals surface area contributed by atoms with Crippen LogP contribution in [-0.2, 0) is 9.47 Å². The summed E-state index contributed by atoms with van der Waals surface area (Å²) in [6, 6.07) is 9.90. The fourth-order valence-corrected chi connectivity index (χ4v) is 3.75. The van der Waals surface area contributed by atoms with Crippen LogP contribution >= 0.6 is 24.0 Å². The van der Waals surface area contributed by atoms with Gasteiger partial charge in [-0.1, -0.05) is 30.3 Å². The van der Waals surface area contributed by atoms with Crippen LogP contribution in [0.4, 0.5) is 4.79 Å². The van der Waals surface area contributed by atoms with E-state index in [0.717, 1.165) is 24.8 Å². The quantitative estimate of drug-likeness (QED) is 0.318. The number of ether oxygens (including phenoxy) is 2. The summed E-state index contributed by atoms with van der Waals surface area (Å²) in [5.74, 6) is 0.716. The summed E-state index contributed by atoms with van der Waals surface area (Å²) >= 11 is 0. The lowest BCUT2D eigenvalue weighted by Gasteiger charge is -2.26. The van der Waals surface area contributed by atoms with E-state index in [4.69, 9.17) is 9.47 Å². The fraction of sp³-hybridized carbons (Fsp3) is 0.619. The van der Waals surface area contributed by atoms with Gasteiger partial charge in [-0.25, -0.2) is 4.79 Å². The molecule has 0 aromatic heterocycles. The van der Waals surface area contributed by atoms with Crippen molar-refractivity contribution in [2.45, 2.75) is 69.9 Å². The molecule has 1 aromatic carbocycles. The van der Waals surface area contributed by atoms with Crippen LogP contribution in [0.5, 0.6) is 0 Å². The normalized spacial score (nSPS) is 24.4. The van der Waals surface area contributed by atoms with Crippen LogP contribution in [0.15, 0.2) is 35.3 Å². The van der Waals surface area contributed by atoms with Gasteiger partial charge in [0.2, 0.25) is 0 Å². The summed E-state index contributed by atoms with van der Waals surface area (Å²) < 4.78 is 11.3. The van der Waals surface area contributed by atoms with Crippen LogP contribution in [0, 0.1) is 0 Å². The van der Waals surface area contributed by atoms with Gasteiger partial charge >= 0.3 is 6.09 Å². The lowest BCUT2D eigenvalue weighted by Crippen LogP contribution is -2.49. The van der Waals surface area contributed by atoms with E-state index in [2.05, 4.69) is 20.9 Å². The highest BCUT2D eigenvalue weighted by Gasteiger charge is 2.41. The minimum atomic E-state index is -0.544. The van der Waals surface area contributed by atoms with E-state index in [1.54, 1.807) is 7.05 Å². The van der Waals surface area contributed by atoms with Gasteiger partial charge in [0.15, 0.2) is 5.96 Å². The van der Waals surface area contributed by atoms with Gasteiger partial charge in [-0.2, -0.15) is 0 Å². The Morgan fingerprint density at radius 2 is 2.00 bits per heavy atom. The van der Waals surface area contributed by atoms with Crippen molar-refractivity contribution in [3.63, 3.8) is 0 Å². The number of halogens is 1. The highest BCUT2D eigenvalue weighted by molar-refractivity contribution is 14.0. The van der Waals surface area contributed by atoms with Crippen LogP contribution in [0.1, 0.15) is 51.6 Å². The number of fused-ring (bicyclic) bond motifs is 2. The van der Waals surface area contributed by atoms with E-state index in [0.29, 0.717) is 24.7 Å². The lowest BCUT2D eigenvalue weighted by atomic mass is 9.96. The maximum absolute atomic E-state index is 12.3. The number of alkyl carbamates (subject to hydrolysis) is 1. The van der Waals surface area contributed by atoms with Gasteiger partial charge in [-0.05, 0) is 45.6 Å². The lowest BCUT2D eigenvalue weighted by molar-refractivity contribution is 0.0504. The van der Waals surface area contributed by atoms with Crippen LogP contribution in [0.25, 0.3) is 0 Å². The molecule has 0 aliphatic carbocycles. The number of hydrogen-bond donors (Lipinski definition) is 3. The monoisotopic (exact) mass is 516 g/mol. The third-order valence-electron chi connectivity index (χ3n) is 5.02. The molecule has 2 bridgehead atoms. The van der Waals surface area contributed by atoms with Crippen molar-refractivity contribution in [1.29, 1.82) is 0 Å². The van der Waals surface area contributed by atoms with Crippen LogP contribution in [-0.4, -0.2) is 49.5 Å². The molecule has 2 aliphatic rings. The molecule has 3 rings (SSSR count). The SMILES string of the molecule is CN=C(NCC(NC(=O)OC(C)(C)C)c1ccccc1)NC1CC2CCC1O2.I. The van der Waals surface area contributed by atoms with Crippen LogP contribution in [0.2, 0.25) is 0 Å². The summed E-state index contributed by atoms with van der Waals surface area (Å²) in [7, 11) is 1.75. The van der Waals surface area contributed by atoms with Gasteiger partial charge in [0, 0.05) is 13.6 Å². The first-order valence-electron chi connectivity index (χ1n) is 10.0.